The smallest absolute Gasteiger partial charge is 0.332 e. The molecular weight excluding hydrogens is 716 g/mol. The zero-order chi connectivity index (χ0) is 38.7. The molecular formula is C38H49ClN8O5S. The Balaban J connectivity index is 0.000000180. The topological polar surface area (TPSA) is 150 Å². The molecule has 0 spiro atoms. The quantitative estimate of drug-likeness (QED) is 0.156. The van der Waals surface area contributed by atoms with E-state index >= 15 is 0 Å². The summed E-state index contributed by atoms with van der Waals surface area (Å²) in [6.07, 6.45) is 2.96. The van der Waals surface area contributed by atoms with Crippen LogP contribution >= 0.6 is 11.6 Å². The van der Waals surface area contributed by atoms with Crippen LogP contribution < -0.4 is 16.0 Å². The van der Waals surface area contributed by atoms with Gasteiger partial charge >= 0.3 is 5.69 Å². The Morgan fingerprint density at radius 1 is 0.887 bits per heavy atom. The maximum absolute atomic E-state index is 11.6. The van der Waals surface area contributed by atoms with E-state index < -0.39 is 21.3 Å². The third kappa shape index (κ3) is 11.5. The van der Waals surface area contributed by atoms with E-state index in [1.54, 1.807) is 0 Å². The summed E-state index contributed by atoms with van der Waals surface area (Å²) in [6, 6.07) is 26.5. The highest BCUT2D eigenvalue weighted by molar-refractivity contribution is 7.88. The van der Waals surface area contributed by atoms with Crippen LogP contribution in [0.15, 0.2) is 94.6 Å². The molecule has 0 unspecified atom stereocenters. The maximum Gasteiger partial charge on any atom is 0.332 e. The number of imidazole rings is 1. The number of nitrogens with one attached hydrogen (secondary N) is 3. The van der Waals surface area contributed by atoms with Crippen LogP contribution in [0.25, 0.3) is 22.1 Å². The Kier molecular flexibility index (Phi) is 14.7. The summed E-state index contributed by atoms with van der Waals surface area (Å²) < 4.78 is 33.9. The molecule has 3 aromatic heterocycles. The number of hydrogen-bond acceptors (Lipinski definition) is 8. The molecule has 0 amide bonds. The number of aromatic amines is 2. The molecule has 3 N–H and O–H groups in total. The summed E-state index contributed by atoms with van der Waals surface area (Å²) in [6.45, 7) is 2.61. The average Bonchev–Trinajstić information content (AvgIpc) is 3.74. The Hall–Kier alpha value is -4.57. The average molecular weight is 765 g/mol. The van der Waals surface area contributed by atoms with Crippen molar-refractivity contribution in [3.05, 3.63) is 133 Å². The number of halogens is 1. The van der Waals surface area contributed by atoms with Crippen molar-refractivity contribution in [2.24, 2.45) is 14.1 Å². The van der Waals surface area contributed by atoms with Gasteiger partial charge in [0.05, 0.1) is 12.4 Å². The fraction of sp³-hybridized carbons (Fsp3) is 0.342. The first-order valence-electron chi connectivity index (χ1n) is 17.0. The van der Waals surface area contributed by atoms with Crippen LogP contribution in [0.2, 0.25) is 5.28 Å². The molecule has 0 fully saturated rings. The molecule has 6 rings (SSSR count). The van der Waals surface area contributed by atoms with Gasteiger partial charge in [0, 0.05) is 44.3 Å². The number of aromatic nitrogens is 5. The summed E-state index contributed by atoms with van der Waals surface area (Å²) in [4.78, 5) is 36.9. The molecule has 0 bridgehead atoms. The molecule has 3 aromatic carbocycles. The van der Waals surface area contributed by atoms with Gasteiger partial charge in [-0.3, -0.25) is 13.9 Å². The molecule has 0 aliphatic rings. The van der Waals surface area contributed by atoms with Crippen LogP contribution in [0.4, 0.5) is 0 Å². The predicted octanol–water partition coefficient (Wildman–Crippen LogP) is 4.29. The minimum Gasteiger partial charge on any atom is -0.367 e. The number of fused-ring (bicyclic) bond motifs is 2. The van der Waals surface area contributed by atoms with Gasteiger partial charge < -0.3 is 24.5 Å². The van der Waals surface area contributed by atoms with Gasteiger partial charge in [-0.2, -0.15) is 4.98 Å². The second kappa shape index (κ2) is 19.0. The molecule has 15 heteroatoms. The lowest BCUT2D eigenvalue weighted by Gasteiger charge is -2.20. The van der Waals surface area contributed by atoms with Crippen molar-refractivity contribution in [2.75, 3.05) is 54.9 Å². The molecule has 0 saturated heterocycles. The molecule has 3 heterocycles. The number of sulfonamides is 1. The van der Waals surface area contributed by atoms with Gasteiger partial charge in [-0.05, 0) is 87.6 Å². The van der Waals surface area contributed by atoms with E-state index in [4.69, 9.17) is 16.3 Å². The first kappa shape index (κ1) is 41.2. The molecule has 53 heavy (non-hydrogen) atoms. The van der Waals surface area contributed by atoms with Crippen molar-refractivity contribution >= 4 is 43.7 Å². The van der Waals surface area contributed by atoms with Gasteiger partial charge in [0.15, 0.2) is 11.2 Å². The lowest BCUT2D eigenvalue weighted by Crippen LogP contribution is -2.36. The SMILES string of the molecule is CN(C)CCOC(c1ccccc1)c1ccccc1.CNS(=O)(=O)Cc1ccc2[nH]cc(CCN(C)C)c2c1.Cn1c(=O)c2[nH]c(Cl)nc2n(C)c1=O. The molecule has 0 aliphatic heterocycles. The highest BCUT2D eigenvalue weighted by atomic mass is 35.5. The first-order valence-corrected chi connectivity index (χ1v) is 19.1. The monoisotopic (exact) mass is 764 g/mol. The molecule has 0 aliphatic carbocycles. The van der Waals surface area contributed by atoms with E-state index in [2.05, 4.69) is 92.1 Å². The summed E-state index contributed by atoms with van der Waals surface area (Å²) in [5.74, 6) is 0.0116. The van der Waals surface area contributed by atoms with Gasteiger partial charge in [0.25, 0.3) is 5.56 Å². The number of aryl methyl sites for hydroxylation is 1. The minimum absolute atomic E-state index is 0.0116. The van der Waals surface area contributed by atoms with E-state index in [0.29, 0.717) is 0 Å². The van der Waals surface area contributed by atoms with Gasteiger partial charge in [-0.1, -0.05) is 66.7 Å². The molecule has 0 atom stereocenters. The van der Waals surface area contributed by atoms with Crippen LogP contribution in [0.3, 0.4) is 0 Å². The second-order valence-electron chi connectivity index (χ2n) is 13.0. The van der Waals surface area contributed by atoms with Gasteiger partial charge in [0.1, 0.15) is 6.10 Å². The lowest BCUT2D eigenvalue weighted by molar-refractivity contribution is 0.0687. The van der Waals surface area contributed by atoms with Crippen LogP contribution in [-0.2, 0) is 41.0 Å². The van der Waals surface area contributed by atoms with Gasteiger partial charge in [-0.15, -0.1) is 0 Å². The third-order valence-electron chi connectivity index (χ3n) is 8.42. The van der Waals surface area contributed by atoms with Crippen molar-refractivity contribution in [2.45, 2.75) is 18.3 Å². The van der Waals surface area contributed by atoms with Crippen molar-refractivity contribution in [3.8, 4) is 0 Å². The number of benzene rings is 3. The molecule has 0 radical (unpaired) electrons. The largest absolute Gasteiger partial charge is 0.367 e. The Bertz CT molecular complexity index is 2260. The second-order valence-corrected chi connectivity index (χ2v) is 15.3. The van der Waals surface area contributed by atoms with E-state index in [9.17, 15) is 18.0 Å². The molecule has 6 aromatic rings. The Morgan fingerprint density at radius 3 is 2.06 bits per heavy atom. The van der Waals surface area contributed by atoms with Crippen molar-refractivity contribution in [1.82, 2.24) is 38.6 Å². The highest BCUT2D eigenvalue weighted by Gasteiger charge is 2.15. The van der Waals surface area contributed by atoms with E-state index in [0.717, 1.165) is 47.2 Å². The van der Waals surface area contributed by atoms with Gasteiger partial charge in [-0.25, -0.2) is 17.9 Å². The standard InChI is InChI=1S/C17H21NO.C14H21N3O2S.C7H7ClN4O2/c1-18(2)13-14-19-17(15-9-5-3-6-10-15)16-11-7-4-8-12-16;1-15-20(18,19)10-11-4-5-14-13(8-11)12(9-16-14)6-7-17(2)3;1-11-4-3(9-6(8)10-4)5(13)12(2)7(11)14/h3-12,17H,13-14H2,1-2H3;4-5,8-9,15-16H,6-7,10H2,1-3H3;1-2H3,(H,9,10). The molecule has 284 valence electrons. The van der Waals surface area contributed by atoms with Crippen LogP contribution in [0, 0.1) is 0 Å². The van der Waals surface area contributed by atoms with Crippen molar-refractivity contribution in [3.63, 3.8) is 0 Å². The lowest BCUT2D eigenvalue weighted by atomic mass is 10.0. The summed E-state index contributed by atoms with van der Waals surface area (Å²) in [5.41, 5.74) is 5.12. The number of likely N-dealkylation sites (N-methyl/N-ethyl adjacent to an activating group) is 2. The minimum atomic E-state index is -3.23. The Labute approximate surface area is 315 Å². The van der Waals surface area contributed by atoms with E-state index in [1.807, 2.05) is 50.6 Å². The number of ether oxygens (including phenoxy) is 1. The normalized spacial score (nSPS) is 11.6. The number of nitrogens with zero attached hydrogens (tertiary/aromatic N) is 5. The molecule has 13 nitrogen and oxygen atoms in total. The third-order valence-corrected chi connectivity index (χ3v) is 9.94. The van der Waals surface area contributed by atoms with Crippen molar-refractivity contribution in [1.29, 1.82) is 0 Å². The van der Waals surface area contributed by atoms with E-state index in [1.165, 1.54) is 42.4 Å². The summed E-state index contributed by atoms with van der Waals surface area (Å²) >= 11 is 5.60. The zero-order valence-electron chi connectivity index (χ0n) is 31.3. The Morgan fingerprint density at radius 2 is 1.49 bits per heavy atom. The summed E-state index contributed by atoms with van der Waals surface area (Å²) in [7, 11) is 9.34. The molecule has 0 saturated carbocycles. The summed E-state index contributed by atoms with van der Waals surface area (Å²) in [5, 5.41) is 1.20. The number of rotatable bonds is 12. The van der Waals surface area contributed by atoms with Gasteiger partial charge in [0.2, 0.25) is 15.3 Å². The fourth-order valence-corrected chi connectivity index (χ4v) is 6.39. The first-order chi connectivity index (χ1) is 25.2. The van der Waals surface area contributed by atoms with Crippen LogP contribution in [0.5, 0.6) is 0 Å². The van der Waals surface area contributed by atoms with Crippen LogP contribution in [-0.4, -0.2) is 97.2 Å². The fourth-order valence-electron chi connectivity index (χ4n) is 5.45. The predicted molar refractivity (Wildman–Crippen MR) is 213 cm³/mol. The highest BCUT2D eigenvalue weighted by Crippen LogP contribution is 2.25. The van der Waals surface area contributed by atoms with Crippen molar-refractivity contribution < 1.29 is 13.2 Å². The van der Waals surface area contributed by atoms with E-state index in [-0.39, 0.29) is 28.3 Å². The number of H-pyrrole nitrogens is 2. The zero-order valence-corrected chi connectivity index (χ0v) is 32.8. The van der Waals surface area contributed by atoms with Crippen LogP contribution in [0.1, 0.15) is 28.4 Å². The maximum atomic E-state index is 11.6. The number of hydrogen-bond donors (Lipinski definition) is 3.